The number of aryl methyl sites for hydroxylation is 1. The first-order valence-electron chi connectivity index (χ1n) is 6.61. The number of anilines is 1. The Balaban J connectivity index is 1.98. The fourth-order valence-corrected chi connectivity index (χ4v) is 2.64. The summed E-state index contributed by atoms with van der Waals surface area (Å²) in [6.07, 6.45) is 0.820. The molecule has 2 aromatic rings. The first-order chi connectivity index (χ1) is 9.54. The third kappa shape index (κ3) is 4.21. The molecule has 1 aromatic heterocycles. The van der Waals surface area contributed by atoms with Gasteiger partial charge in [-0.05, 0) is 38.7 Å². The minimum atomic E-state index is 0.641. The maximum atomic E-state index is 6.04. The standard InChI is InChI=1S/C15H21N3OS/c1-11-10-20-15(17-11)9-12-4-5-14(13(16)8-12)19-7-6-18(2)3/h4-5,8,10H,6-7,9,16H2,1-3H3. The molecule has 0 saturated heterocycles. The number of hydrogen-bond donors (Lipinski definition) is 1. The lowest BCUT2D eigenvalue weighted by atomic mass is 10.1. The van der Waals surface area contributed by atoms with Crippen LogP contribution in [0.3, 0.4) is 0 Å². The molecule has 0 fully saturated rings. The highest BCUT2D eigenvalue weighted by atomic mass is 32.1. The van der Waals surface area contributed by atoms with E-state index in [-0.39, 0.29) is 0 Å². The molecule has 2 N–H and O–H groups in total. The lowest BCUT2D eigenvalue weighted by Gasteiger charge is -2.13. The lowest BCUT2D eigenvalue weighted by Crippen LogP contribution is -2.19. The van der Waals surface area contributed by atoms with Gasteiger partial charge in [-0.3, -0.25) is 0 Å². The maximum Gasteiger partial charge on any atom is 0.142 e. The largest absolute Gasteiger partial charge is 0.490 e. The van der Waals surface area contributed by atoms with Gasteiger partial charge in [0.25, 0.3) is 0 Å². The van der Waals surface area contributed by atoms with Crippen LogP contribution in [0.2, 0.25) is 0 Å². The zero-order valence-electron chi connectivity index (χ0n) is 12.2. The van der Waals surface area contributed by atoms with Crippen LogP contribution in [0.4, 0.5) is 5.69 Å². The minimum Gasteiger partial charge on any atom is -0.490 e. The van der Waals surface area contributed by atoms with E-state index >= 15 is 0 Å². The third-order valence-corrected chi connectivity index (χ3v) is 3.86. The molecule has 0 radical (unpaired) electrons. The van der Waals surface area contributed by atoms with Crippen molar-refractivity contribution >= 4 is 17.0 Å². The summed E-state index contributed by atoms with van der Waals surface area (Å²) in [5.74, 6) is 0.755. The highest BCUT2D eigenvalue weighted by Crippen LogP contribution is 2.24. The second-order valence-electron chi connectivity index (χ2n) is 5.08. The molecular weight excluding hydrogens is 270 g/mol. The van der Waals surface area contributed by atoms with Crippen LogP contribution in [0.1, 0.15) is 16.3 Å². The summed E-state index contributed by atoms with van der Waals surface area (Å²) in [5.41, 5.74) is 8.97. The van der Waals surface area contributed by atoms with Crippen molar-refractivity contribution in [2.75, 3.05) is 33.0 Å². The molecule has 20 heavy (non-hydrogen) atoms. The van der Waals surface area contributed by atoms with E-state index in [0.29, 0.717) is 12.3 Å². The first-order valence-corrected chi connectivity index (χ1v) is 7.49. The van der Waals surface area contributed by atoms with Gasteiger partial charge in [0.05, 0.1) is 10.7 Å². The van der Waals surface area contributed by atoms with Crippen LogP contribution in [0.25, 0.3) is 0 Å². The van der Waals surface area contributed by atoms with E-state index in [1.807, 2.05) is 33.2 Å². The summed E-state index contributed by atoms with van der Waals surface area (Å²) in [4.78, 5) is 6.55. The number of likely N-dealkylation sites (N-methyl/N-ethyl adjacent to an activating group) is 1. The summed E-state index contributed by atoms with van der Waals surface area (Å²) < 4.78 is 5.68. The molecule has 2 rings (SSSR count). The lowest BCUT2D eigenvalue weighted by molar-refractivity contribution is 0.262. The molecule has 0 aliphatic carbocycles. The predicted molar refractivity (Wildman–Crippen MR) is 84.6 cm³/mol. The zero-order chi connectivity index (χ0) is 14.5. The van der Waals surface area contributed by atoms with Crippen LogP contribution in [0.5, 0.6) is 5.75 Å². The molecule has 0 atom stereocenters. The Kier molecular flexibility index (Phi) is 4.98. The number of thiazole rings is 1. The Morgan fingerprint density at radius 2 is 2.15 bits per heavy atom. The van der Waals surface area contributed by atoms with Crippen LogP contribution >= 0.6 is 11.3 Å². The average Bonchev–Trinajstić information content (AvgIpc) is 2.77. The fraction of sp³-hybridized carbons (Fsp3) is 0.400. The number of benzene rings is 1. The van der Waals surface area contributed by atoms with Crippen molar-refractivity contribution in [2.24, 2.45) is 0 Å². The smallest absolute Gasteiger partial charge is 0.142 e. The highest BCUT2D eigenvalue weighted by Gasteiger charge is 2.05. The Bertz CT molecular complexity index is 566. The van der Waals surface area contributed by atoms with Gasteiger partial charge in [-0.15, -0.1) is 11.3 Å². The quantitative estimate of drug-likeness (QED) is 0.831. The topological polar surface area (TPSA) is 51.4 Å². The fourth-order valence-electron chi connectivity index (χ4n) is 1.84. The second kappa shape index (κ2) is 6.72. The van der Waals surface area contributed by atoms with Crippen LogP contribution in [-0.4, -0.2) is 37.1 Å². The monoisotopic (exact) mass is 291 g/mol. The SMILES string of the molecule is Cc1csc(Cc2ccc(OCCN(C)C)c(N)c2)n1. The summed E-state index contributed by atoms with van der Waals surface area (Å²) in [6.45, 7) is 3.53. The molecule has 0 aliphatic heterocycles. The van der Waals surface area contributed by atoms with Crippen molar-refractivity contribution < 1.29 is 4.74 Å². The van der Waals surface area contributed by atoms with E-state index in [4.69, 9.17) is 10.5 Å². The van der Waals surface area contributed by atoms with Crippen molar-refractivity contribution in [3.63, 3.8) is 0 Å². The summed E-state index contributed by atoms with van der Waals surface area (Å²) in [5, 5.41) is 3.18. The molecule has 1 heterocycles. The van der Waals surface area contributed by atoms with Gasteiger partial charge in [0.15, 0.2) is 0 Å². The molecule has 0 bridgehead atoms. The van der Waals surface area contributed by atoms with Gasteiger partial charge in [-0.1, -0.05) is 6.07 Å². The van der Waals surface area contributed by atoms with E-state index in [0.717, 1.165) is 35.0 Å². The van der Waals surface area contributed by atoms with E-state index in [9.17, 15) is 0 Å². The van der Waals surface area contributed by atoms with Crippen molar-refractivity contribution in [3.05, 3.63) is 39.8 Å². The number of nitrogens with zero attached hydrogens (tertiary/aromatic N) is 2. The second-order valence-corrected chi connectivity index (χ2v) is 6.03. The Hall–Kier alpha value is -1.59. The Labute approximate surface area is 124 Å². The molecular formula is C15H21N3OS. The molecule has 108 valence electrons. The third-order valence-electron chi connectivity index (χ3n) is 2.89. The van der Waals surface area contributed by atoms with E-state index in [1.165, 1.54) is 0 Å². The van der Waals surface area contributed by atoms with E-state index in [1.54, 1.807) is 11.3 Å². The van der Waals surface area contributed by atoms with Gasteiger partial charge in [0, 0.05) is 24.0 Å². The predicted octanol–water partition coefficient (Wildman–Crippen LogP) is 2.56. The molecule has 0 aliphatic rings. The number of rotatable bonds is 6. The van der Waals surface area contributed by atoms with Gasteiger partial charge in [0.2, 0.25) is 0 Å². The van der Waals surface area contributed by atoms with Crippen molar-refractivity contribution in [1.82, 2.24) is 9.88 Å². The average molecular weight is 291 g/mol. The van der Waals surface area contributed by atoms with Gasteiger partial charge in [-0.25, -0.2) is 4.98 Å². The summed E-state index contributed by atoms with van der Waals surface area (Å²) in [7, 11) is 4.04. The molecule has 5 heteroatoms. The van der Waals surface area contributed by atoms with Gasteiger partial charge >= 0.3 is 0 Å². The minimum absolute atomic E-state index is 0.641. The van der Waals surface area contributed by atoms with E-state index in [2.05, 4.69) is 21.3 Å². The molecule has 0 amide bonds. The number of hydrogen-bond acceptors (Lipinski definition) is 5. The van der Waals surface area contributed by atoms with Crippen LogP contribution in [-0.2, 0) is 6.42 Å². The van der Waals surface area contributed by atoms with Crippen molar-refractivity contribution in [3.8, 4) is 5.75 Å². The van der Waals surface area contributed by atoms with Crippen LogP contribution < -0.4 is 10.5 Å². The summed E-state index contributed by atoms with van der Waals surface area (Å²) >= 11 is 1.68. The molecule has 0 unspecified atom stereocenters. The Morgan fingerprint density at radius 3 is 2.75 bits per heavy atom. The van der Waals surface area contributed by atoms with Gasteiger partial charge < -0.3 is 15.4 Å². The van der Waals surface area contributed by atoms with E-state index < -0.39 is 0 Å². The summed E-state index contributed by atoms with van der Waals surface area (Å²) in [6, 6.07) is 5.97. The molecule has 4 nitrogen and oxygen atoms in total. The normalized spacial score (nSPS) is 11.0. The number of ether oxygens (including phenoxy) is 1. The maximum absolute atomic E-state index is 6.04. The Morgan fingerprint density at radius 1 is 1.35 bits per heavy atom. The number of nitrogen functional groups attached to an aromatic ring is 1. The van der Waals surface area contributed by atoms with Gasteiger partial charge in [-0.2, -0.15) is 0 Å². The highest BCUT2D eigenvalue weighted by molar-refractivity contribution is 7.09. The van der Waals surface area contributed by atoms with Gasteiger partial charge in [0.1, 0.15) is 12.4 Å². The number of aromatic nitrogens is 1. The molecule has 1 aromatic carbocycles. The van der Waals surface area contributed by atoms with Crippen LogP contribution in [0, 0.1) is 6.92 Å². The number of nitrogens with two attached hydrogens (primary N) is 1. The first kappa shape index (κ1) is 14.8. The van der Waals surface area contributed by atoms with Crippen LogP contribution in [0.15, 0.2) is 23.6 Å². The molecule has 0 saturated carbocycles. The zero-order valence-corrected chi connectivity index (χ0v) is 13.0. The van der Waals surface area contributed by atoms with Crippen molar-refractivity contribution in [1.29, 1.82) is 0 Å². The molecule has 0 spiro atoms. The van der Waals surface area contributed by atoms with Crippen molar-refractivity contribution in [2.45, 2.75) is 13.3 Å².